The van der Waals surface area contributed by atoms with Gasteiger partial charge in [0.05, 0.1) is 24.7 Å². The van der Waals surface area contributed by atoms with Crippen LogP contribution in [0.5, 0.6) is 0 Å². The van der Waals surface area contributed by atoms with Crippen LogP contribution in [-0.2, 0) is 25.7 Å². The summed E-state index contributed by atoms with van der Waals surface area (Å²) in [5.41, 5.74) is 7.60. The highest BCUT2D eigenvalue weighted by atomic mass is 16.5. The molecule has 3 aromatic carbocycles. The lowest BCUT2D eigenvalue weighted by Gasteiger charge is -2.27. The third-order valence-corrected chi connectivity index (χ3v) is 6.96. The van der Waals surface area contributed by atoms with Crippen molar-refractivity contribution >= 4 is 17.7 Å². The summed E-state index contributed by atoms with van der Waals surface area (Å²) in [6, 6.07) is 27.8. The van der Waals surface area contributed by atoms with E-state index >= 15 is 0 Å². The zero-order valence-corrected chi connectivity index (χ0v) is 23.1. The van der Waals surface area contributed by atoms with Crippen LogP contribution in [-0.4, -0.2) is 59.9 Å². The van der Waals surface area contributed by atoms with Crippen LogP contribution in [0.3, 0.4) is 0 Å². The molecule has 40 heavy (non-hydrogen) atoms. The Morgan fingerprint density at radius 1 is 0.925 bits per heavy atom. The molecule has 0 saturated carbocycles. The van der Waals surface area contributed by atoms with Gasteiger partial charge in [-0.25, -0.2) is 0 Å². The van der Waals surface area contributed by atoms with E-state index in [1.807, 2.05) is 91.0 Å². The molecule has 8 heteroatoms. The molecule has 8 nitrogen and oxygen atoms in total. The number of nitrogens with one attached hydrogen (secondary N) is 2. The number of ether oxygens (including phenoxy) is 1. The van der Waals surface area contributed by atoms with Crippen molar-refractivity contribution in [3.8, 4) is 0 Å². The van der Waals surface area contributed by atoms with Gasteiger partial charge in [-0.05, 0) is 37.0 Å². The highest BCUT2D eigenvalue weighted by Crippen LogP contribution is 2.25. The molecule has 4 N–H and O–H groups in total. The fraction of sp³-hybridized carbons (Fsp3) is 0.344. The van der Waals surface area contributed by atoms with Gasteiger partial charge in [-0.1, -0.05) is 91.0 Å². The molecule has 210 valence electrons. The van der Waals surface area contributed by atoms with Crippen LogP contribution in [0.15, 0.2) is 91.0 Å². The van der Waals surface area contributed by atoms with Crippen molar-refractivity contribution in [3.63, 3.8) is 0 Å². The van der Waals surface area contributed by atoms with E-state index in [0.29, 0.717) is 26.1 Å². The van der Waals surface area contributed by atoms with Gasteiger partial charge in [0.2, 0.25) is 17.7 Å². The SMILES string of the molecule is CC(C)(N)C(=O)N[C@H](COCc1ccccc1)C(=O)N1CCC(NC(=O)C(c2ccccc2)c2ccccc2)C1. The van der Waals surface area contributed by atoms with E-state index in [2.05, 4.69) is 10.6 Å². The van der Waals surface area contributed by atoms with E-state index in [0.717, 1.165) is 16.7 Å². The molecule has 1 saturated heterocycles. The van der Waals surface area contributed by atoms with Gasteiger partial charge in [-0.3, -0.25) is 14.4 Å². The molecule has 0 aliphatic carbocycles. The van der Waals surface area contributed by atoms with Gasteiger partial charge in [-0.15, -0.1) is 0 Å². The number of nitrogens with two attached hydrogens (primary N) is 1. The molecule has 0 bridgehead atoms. The summed E-state index contributed by atoms with van der Waals surface area (Å²) in [6.07, 6.45) is 0.613. The number of hydrogen-bond donors (Lipinski definition) is 3. The molecule has 3 aromatic rings. The van der Waals surface area contributed by atoms with Crippen LogP contribution < -0.4 is 16.4 Å². The van der Waals surface area contributed by atoms with Gasteiger partial charge < -0.3 is 26.0 Å². The summed E-state index contributed by atoms with van der Waals surface area (Å²) < 4.78 is 5.82. The third-order valence-electron chi connectivity index (χ3n) is 6.96. The molecule has 1 heterocycles. The molecule has 4 rings (SSSR count). The third kappa shape index (κ3) is 7.77. The lowest BCUT2D eigenvalue weighted by atomic mass is 9.90. The number of likely N-dealkylation sites (tertiary alicyclic amines) is 1. The predicted octanol–water partition coefficient (Wildman–Crippen LogP) is 2.97. The fourth-order valence-electron chi connectivity index (χ4n) is 4.76. The molecule has 1 aliphatic heterocycles. The second kappa shape index (κ2) is 13.4. The smallest absolute Gasteiger partial charge is 0.247 e. The lowest BCUT2D eigenvalue weighted by molar-refractivity contribution is -0.138. The second-order valence-corrected chi connectivity index (χ2v) is 10.8. The Kier molecular flexibility index (Phi) is 9.69. The van der Waals surface area contributed by atoms with Crippen LogP contribution >= 0.6 is 0 Å². The summed E-state index contributed by atoms with van der Waals surface area (Å²) in [6.45, 7) is 4.30. The van der Waals surface area contributed by atoms with Gasteiger partial charge in [0.1, 0.15) is 6.04 Å². The molecule has 2 atom stereocenters. The van der Waals surface area contributed by atoms with E-state index in [1.165, 1.54) is 0 Å². The molecule has 3 amide bonds. The van der Waals surface area contributed by atoms with Crippen molar-refractivity contribution < 1.29 is 19.1 Å². The summed E-state index contributed by atoms with van der Waals surface area (Å²) in [5.74, 6) is -1.27. The van der Waals surface area contributed by atoms with Crippen LogP contribution in [0.25, 0.3) is 0 Å². The van der Waals surface area contributed by atoms with E-state index in [9.17, 15) is 14.4 Å². The van der Waals surface area contributed by atoms with Gasteiger partial charge in [0.25, 0.3) is 0 Å². The molecule has 0 radical (unpaired) electrons. The van der Waals surface area contributed by atoms with Gasteiger partial charge in [0, 0.05) is 19.1 Å². The Labute approximate surface area is 235 Å². The van der Waals surface area contributed by atoms with Crippen molar-refractivity contribution in [3.05, 3.63) is 108 Å². The molecule has 1 fully saturated rings. The Bertz CT molecular complexity index is 1220. The topological polar surface area (TPSA) is 114 Å². The van der Waals surface area contributed by atoms with E-state index in [1.54, 1.807) is 18.7 Å². The minimum Gasteiger partial charge on any atom is -0.374 e. The van der Waals surface area contributed by atoms with Gasteiger partial charge in [-0.2, -0.15) is 0 Å². The zero-order chi connectivity index (χ0) is 28.5. The Hall–Kier alpha value is -4.01. The number of carbonyl (C=O) groups is 3. The van der Waals surface area contributed by atoms with E-state index in [4.69, 9.17) is 10.5 Å². The highest BCUT2D eigenvalue weighted by molar-refractivity contribution is 5.92. The maximum atomic E-state index is 13.5. The van der Waals surface area contributed by atoms with Gasteiger partial charge >= 0.3 is 0 Å². The molecule has 0 spiro atoms. The minimum absolute atomic E-state index is 0.00710. The zero-order valence-electron chi connectivity index (χ0n) is 23.1. The summed E-state index contributed by atoms with van der Waals surface area (Å²) >= 11 is 0. The lowest BCUT2D eigenvalue weighted by Crippen LogP contribution is -2.57. The average molecular weight is 543 g/mol. The van der Waals surface area contributed by atoms with Gasteiger partial charge in [0.15, 0.2) is 0 Å². The quantitative estimate of drug-likeness (QED) is 0.345. The Balaban J connectivity index is 1.41. The number of hydrogen-bond acceptors (Lipinski definition) is 5. The molecule has 0 aromatic heterocycles. The first-order valence-electron chi connectivity index (χ1n) is 13.6. The number of rotatable bonds is 11. The number of amides is 3. The van der Waals surface area contributed by atoms with E-state index < -0.39 is 23.4 Å². The van der Waals surface area contributed by atoms with Crippen LogP contribution in [0.1, 0.15) is 42.9 Å². The molecule has 1 unspecified atom stereocenters. The molecular weight excluding hydrogens is 504 g/mol. The van der Waals surface area contributed by atoms with E-state index in [-0.39, 0.29) is 24.5 Å². The van der Waals surface area contributed by atoms with Crippen molar-refractivity contribution in [2.75, 3.05) is 19.7 Å². The first-order chi connectivity index (χ1) is 19.2. The van der Waals surface area contributed by atoms with Crippen molar-refractivity contribution in [1.82, 2.24) is 15.5 Å². The molecule has 1 aliphatic rings. The number of carbonyl (C=O) groups excluding carboxylic acids is 3. The fourth-order valence-corrected chi connectivity index (χ4v) is 4.76. The summed E-state index contributed by atoms with van der Waals surface area (Å²) in [7, 11) is 0. The van der Waals surface area contributed by atoms with Crippen molar-refractivity contribution in [1.29, 1.82) is 0 Å². The maximum absolute atomic E-state index is 13.5. The highest BCUT2D eigenvalue weighted by Gasteiger charge is 2.35. The maximum Gasteiger partial charge on any atom is 0.247 e. The summed E-state index contributed by atoms with van der Waals surface area (Å²) in [4.78, 5) is 41.4. The predicted molar refractivity (Wildman–Crippen MR) is 154 cm³/mol. The number of nitrogens with zero attached hydrogens (tertiary/aromatic N) is 1. The van der Waals surface area contributed by atoms with Crippen LogP contribution in [0.2, 0.25) is 0 Å². The number of benzene rings is 3. The van der Waals surface area contributed by atoms with Crippen molar-refractivity contribution in [2.24, 2.45) is 5.73 Å². The standard InChI is InChI=1S/C32H38N4O4/c1-32(2,33)31(39)35-27(22-40-21-23-12-6-3-7-13-23)30(38)36-19-18-26(20-36)34-29(37)28(24-14-8-4-9-15-24)25-16-10-5-11-17-25/h3-17,26-28H,18-22,33H2,1-2H3,(H,34,37)(H,35,39)/t26?,27-/m1/s1. The largest absolute Gasteiger partial charge is 0.374 e. The average Bonchev–Trinajstić information content (AvgIpc) is 3.42. The molecular formula is C32H38N4O4. The van der Waals surface area contributed by atoms with Crippen molar-refractivity contribution in [2.45, 2.75) is 50.4 Å². The minimum atomic E-state index is -1.15. The second-order valence-electron chi connectivity index (χ2n) is 10.8. The van der Waals surface area contributed by atoms with Crippen LogP contribution in [0, 0.1) is 0 Å². The monoisotopic (exact) mass is 542 g/mol. The first-order valence-corrected chi connectivity index (χ1v) is 13.6. The normalized spacial score (nSPS) is 16.0. The summed E-state index contributed by atoms with van der Waals surface area (Å²) in [5, 5.41) is 5.93. The first kappa shape index (κ1) is 29.0. The van der Waals surface area contributed by atoms with Crippen LogP contribution in [0.4, 0.5) is 0 Å². The Morgan fingerprint density at radius 3 is 2.02 bits per heavy atom. The Morgan fingerprint density at radius 2 is 1.48 bits per heavy atom.